The highest BCUT2D eigenvalue weighted by atomic mass is 35.5. The van der Waals surface area contributed by atoms with Crippen LogP contribution in [-0.4, -0.2) is 37.6 Å². The molecule has 1 aliphatic heterocycles. The Kier molecular flexibility index (Phi) is 8.31. The van der Waals surface area contributed by atoms with Crippen molar-refractivity contribution in [3.63, 3.8) is 0 Å². The first-order chi connectivity index (χ1) is 9.69. The van der Waals surface area contributed by atoms with Crippen LogP contribution >= 0.6 is 12.4 Å². The second kappa shape index (κ2) is 9.45. The van der Waals surface area contributed by atoms with Crippen LogP contribution in [0.5, 0.6) is 0 Å². The fourth-order valence-electron chi connectivity index (χ4n) is 3.23. The molecule has 0 aliphatic carbocycles. The molecule has 1 fully saturated rings. The van der Waals surface area contributed by atoms with Gasteiger partial charge in [0.05, 0.1) is 0 Å². The van der Waals surface area contributed by atoms with Gasteiger partial charge in [0.1, 0.15) is 0 Å². The minimum absolute atomic E-state index is 0. The van der Waals surface area contributed by atoms with Crippen LogP contribution in [0.15, 0.2) is 24.3 Å². The average molecular weight is 311 g/mol. The van der Waals surface area contributed by atoms with Crippen molar-refractivity contribution in [2.75, 3.05) is 26.7 Å². The molecule has 21 heavy (non-hydrogen) atoms. The second-order valence-corrected chi connectivity index (χ2v) is 6.38. The lowest BCUT2D eigenvalue weighted by atomic mass is 9.95. The zero-order valence-electron chi connectivity index (χ0n) is 13.8. The van der Waals surface area contributed by atoms with Gasteiger partial charge in [-0.15, -0.1) is 12.4 Å². The van der Waals surface area contributed by atoms with E-state index in [1.807, 2.05) is 0 Å². The lowest BCUT2D eigenvalue weighted by molar-refractivity contribution is 0.180. The third-order valence-electron chi connectivity index (χ3n) is 4.69. The Labute approximate surface area is 136 Å². The van der Waals surface area contributed by atoms with Crippen LogP contribution in [-0.2, 0) is 6.42 Å². The van der Waals surface area contributed by atoms with E-state index < -0.39 is 0 Å². The van der Waals surface area contributed by atoms with Crippen molar-refractivity contribution in [1.82, 2.24) is 10.2 Å². The van der Waals surface area contributed by atoms with Crippen molar-refractivity contribution < 1.29 is 0 Å². The number of halogens is 1. The molecule has 3 heteroatoms. The van der Waals surface area contributed by atoms with E-state index in [9.17, 15) is 0 Å². The summed E-state index contributed by atoms with van der Waals surface area (Å²) in [4.78, 5) is 2.59. The van der Waals surface area contributed by atoms with Crippen LogP contribution in [0, 0.1) is 12.8 Å². The summed E-state index contributed by atoms with van der Waals surface area (Å²) in [5.74, 6) is 0.883. The lowest BCUT2D eigenvalue weighted by Crippen LogP contribution is -2.40. The largest absolute Gasteiger partial charge is 0.317 e. The highest BCUT2D eigenvalue weighted by Gasteiger charge is 2.19. The number of rotatable bonds is 6. The molecule has 0 amide bonds. The number of likely N-dealkylation sites (N-methyl/N-ethyl adjacent to an activating group) is 1. The topological polar surface area (TPSA) is 15.3 Å². The average Bonchev–Trinajstić information content (AvgIpc) is 2.47. The summed E-state index contributed by atoms with van der Waals surface area (Å²) >= 11 is 0. The maximum absolute atomic E-state index is 3.46. The van der Waals surface area contributed by atoms with Crippen molar-refractivity contribution in [3.05, 3.63) is 35.4 Å². The Morgan fingerprint density at radius 1 is 1.19 bits per heavy atom. The van der Waals surface area contributed by atoms with Crippen LogP contribution in [0.1, 0.15) is 37.3 Å². The molecule has 120 valence electrons. The van der Waals surface area contributed by atoms with Crippen molar-refractivity contribution >= 4 is 12.4 Å². The molecule has 0 aromatic heterocycles. The Balaban J connectivity index is 0.00000220. The molecular weight excluding hydrogens is 280 g/mol. The van der Waals surface area contributed by atoms with E-state index >= 15 is 0 Å². The number of piperidine rings is 1. The maximum atomic E-state index is 3.46. The zero-order valence-corrected chi connectivity index (χ0v) is 14.6. The third-order valence-corrected chi connectivity index (χ3v) is 4.69. The maximum Gasteiger partial charge on any atom is 0.0130 e. The van der Waals surface area contributed by atoms with Crippen LogP contribution in [0.4, 0.5) is 0 Å². The summed E-state index contributed by atoms with van der Waals surface area (Å²) in [5, 5.41) is 3.46. The summed E-state index contributed by atoms with van der Waals surface area (Å²) in [6, 6.07) is 9.71. The summed E-state index contributed by atoms with van der Waals surface area (Å²) in [6.07, 6.45) is 5.09. The summed E-state index contributed by atoms with van der Waals surface area (Å²) in [5.41, 5.74) is 2.82. The monoisotopic (exact) mass is 310 g/mol. The molecule has 0 spiro atoms. The van der Waals surface area contributed by atoms with Gasteiger partial charge in [-0.05, 0) is 64.2 Å². The number of nitrogens with one attached hydrogen (secondary N) is 1. The molecule has 1 unspecified atom stereocenters. The normalized spacial score (nSPS) is 17.5. The standard InChI is InChI=1S/C18H30N2.ClH/c1-4-18(13-16-7-5-15(2)6-8-16)20(3)14-17-9-11-19-12-10-17;/h5-8,17-19H,4,9-14H2,1-3H3;1H. The fourth-order valence-corrected chi connectivity index (χ4v) is 3.23. The van der Waals surface area contributed by atoms with Gasteiger partial charge in [-0.25, -0.2) is 0 Å². The first kappa shape index (κ1) is 18.5. The third kappa shape index (κ3) is 5.98. The van der Waals surface area contributed by atoms with E-state index in [4.69, 9.17) is 0 Å². The van der Waals surface area contributed by atoms with Gasteiger partial charge in [0, 0.05) is 12.6 Å². The number of hydrogen-bond acceptors (Lipinski definition) is 2. The minimum atomic E-state index is 0. The summed E-state index contributed by atoms with van der Waals surface area (Å²) in [6.45, 7) is 8.13. The molecule has 1 aliphatic rings. The first-order valence-electron chi connectivity index (χ1n) is 8.15. The van der Waals surface area contributed by atoms with Crippen molar-refractivity contribution in [1.29, 1.82) is 0 Å². The number of nitrogens with zero attached hydrogens (tertiary/aromatic N) is 1. The van der Waals surface area contributed by atoms with Gasteiger partial charge in [-0.1, -0.05) is 36.8 Å². The van der Waals surface area contributed by atoms with E-state index in [1.54, 1.807) is 0 Å². The smallest absolute Gasteiger partial charge is 0.0130 e. The lowest BCUT2D eigenvalue weighted by Gasteiger charge is -2.32. The van der Waals surface area contributed by atoms with Crippen LogP contribution < -0.4 is 5.32 Å². The molecule has 1 saturated heterocycles. The minimum Gasteiger partial charge on any atom is -0.317 e. The van der Waals surface area contributed by atoms with Gasteiger partial charge < -0.3 is 10.2 Å². The second-order valence-electron chi connectivity index (χ2n) is 6.38. The molecule has 0 radical (unpaired) electrons. The van der Waals surface area contributed by atoms with Crippen molar-refractivity contribution in [2.45, 2.75) is 45.6 Å². The van der Waals surface area contributed by atoms with Gasteiger partial charge in [-0.2, -0.15) is 0 Å². The Morgan fingerprint density at radius 2 is 1.81 bits per heavy atom. The summed E-state index contributed by atoms with van der Waals surface area (Å²) in [7, 11) is 2.31. The highest BCUT2D eigenvalue weighted by molar-refractivity contribution is 5.85. The predicted octanol–water partition coefficient (Wildman–Crippen LogP) is 3.67. The molecule has 1 aromatic carbocycles. The van der Waals surface area contributed by atoms with Gasteiger partial charge in [-0.3, -0.25) is 0 Å². The number of hydrogen-bond donors (Lipinski definition) is 1. The molecule has 1 heterocycles. The van der Waals surface area contributed by atoms with Crippen LogP contribution in [0.2, 0.25) is 0 Å². The molecule has 1 N–H and O–H groups in total. The number of aryl methyl sites for hydroxylation is 1. The zero-order chi connectivity index (χ0) is 14.4. The molecule has 0 saturated carbocycles. The first-order valence-corrected chi connectivity index (χ1v) is 8.15. The van der Waals surface area contributed by atoms with E-state index in [1.165, 1.54) is 56.4 Å². The SMILES string of the molecule is CCC(Cc1ccc(C)cc1)N(C)CC1CCNCC1.Cl. The molecule has 2 rings (SSSR count). The molecule has 1 atom stereocenters. The molecular formula is C18H31ClN2. The molecule has 2 nitrogen and oxygen atoms in total. The van der Waals surface area contributed by atoms with Gasteiger partial charge in [0.2, 0.25) is 0 Å². The van der Waals surface area contributed by atoms with Gasteiger partial charge >= 0.3 is 0 Å². The Hall–Kier alpha value is -0.570. The fraction of sp³-hybridized carbons (Fsp3) is 0.667. The molecule has 0 bridgehead atoms. The predicted molar refractivity (Wildman–Crippen MR) is 94.4 cm³/mol. The van der Waals surface area contributed by atoms with E-state index in [2.05, 4.69) is 55.4 Å². The Morgan fingerprint density at radius 3 is 2.38 bits per heavy atom. The van der Waals surface area contributed by atoms with Crippen LogP contribution in [0.25, 0.3) is 0 Å². The van der Waals surface area contributed by atoms with E-state index in [0.717, 1.165) is 5.92 Å². The number of benzene rings is 1. The van der Waals surface area contributed by atoms with Gasteiger partial charge in [0.25, 0.3) is 0 Å². The quantitative estimate of drug-likeness (QED) is 0.862. The van der Waals surface area contributed by atoms with Crippen LogP contribution in [0.3, 0.4) is 0 Å². The van der Waals surface area contributed by atoms with Crippen molar-refractivity contribution in [2.24, 2.45) is 5.92 Å². The Bertz CT molecular complexity index is 385. The van der Waals surface area contributed by atoms with E-state index in [-0.39, 0.29) is 12.4 Å². The van der Waals surface area contributed by atoms with Crippen molar-refractivity contribution in [3.8, 4) is 0 Å². The van der Waals surface area contributed by atoms with Gasteiger partial charge in [0.15, 0.2) is 0 Å². The van der Waals surface area contributed by atoms with E-state index in [0.29, 0.717) is 6.04 Å². The summed E-state index contributed by atoms with van der Waals surface area (Å²) < 4.78 is 0. The highest BCUT2D eigenvalue weighted by Crippen LogP contribution is 2.17. The molecule has 1 aromatic rings.